The van der Waals surface area contributed by atoms with Crippen LogP contribution in [0.2, 0.25) is 0 Å². The summed E-state index contributed by atoms with van der Waals surface area (Å²) in [6.45, 7) is 4.78. The standard InChI is InChI=1S/C21H20BrF3N2O3/c1-12-8-13(2)19(14(3)9-12)30-11-18(28)27-20(29,21(23,24)25)10-17(26-27)15-4-6-16(22)7-5-15/h4-9,29H,10-11H2,1-3H3. The lowest BCUT2D eigenvalue weighted by Gasteiger charge is -2.32. The third-order valence-corrected chi connectivity index (χ3v) is 5.33. The second kappa shape index (κ2) is 8.03. The van der Waals surface area contributed by atoms with Crippen LogP contribution in [0.3, 0.4) is 0 Å². The number of carbonyl (C=O) groups is 1. The van der Waals surface area contributed by atoms with E-state index < -0.39 is 30.8 Å². The SMILES string of the molecule is Cc1cc(C)c(OCC(=O)N2N=C(c3ccc(Br)cc3)CC2(O)C(F)(F)F)c(C)c1. The molecule has 1 heterocycles. The minimum atomic E-state index is -5.10. The number of halogens is 4. The number of carbonyl (C=O) groups excluding carboxylic acids is 1. The van der Waals surface area contributed by atoms with Crippen LogP contribution in [0.15, 0.2) is 46.0 Å². The lowest BCUT2D eigenvalue weighted by atomic mass is 10.0. The zero-order chi connectivity index (χ0) is 22.3. The highest BCUT2D eigenvalue weighted by atomic mass is 79.9. The van der Waals surface area contributed by atoms with Crippen LogP contribution in [0.1, 0.15) is 28.7 Å². The lowest BCUT2D eigenvalue weighted by molar-refractivity contribution is -0.302. The first-order valence-electron chi connectivity index (χ1n) is 9.08. The molecule has 5 nitrogen and oxygen atoms in total. The summed E-state index contributed by atoms with van der Waals surface area (Å²) in [7, 11) is 0. The average Bonchev–Trinajstić information content (AvgIpc) is 3.00. The van der Waals surface area contributed by atoms with Gasteiger partial charge < -0.3 is 9.84 Å². The van der Waals surface area contributed by atoms with E-state index in [9.17, 15) is 23.1 Å². The first-order chi connectivity index (χ1) is 13.9. The van der Waals surface area contributed by atoms with Crippen LogP contribution in [0.5, 0.6) is 5.75 Å². The molecule has 1 atom stereocenters. The summed E-state index contributed by atoms with van der Waals surface area (Å²) in [5.41, 5.74) is -0.592. The molecular weight excluding hydrogens is 465 g/mol. The molecule has 9 heteroatoms. The minimum absolute atomic E-state index is 0.0432. The highest BCUT2D eigenvalue weighted by molar-refractivity contribution is 9.10. The molecule has 2 aromatic rings. The molecule has 0 fully saturated rings. The molecule has 1 aliphatic heterocycles. The van der Waals surface area contributed by atoms with E-state index in [4.69, 9.17) is 4.74 Å². The Labute approximate surface area is 180 Å². The van der Waals surface area contributed by atoms with E-state index in [1.165, 1.54) is 0 Å². The van der Waals surface area contributed by atoms with E-state index >= 15 is 0 Å². The molecule has 0 saturated carbocycles. The first kappa shape index (κ1) is 22.3. The molecule has 0 saturated heterocycles. The normalized spacial score (nSPS) is 19.1. The van der Waals surface area contributed by atoms with Crippen LogP contribution in [-0.2, 0) is 4.79 Å². The van der Waals surface area contributed by atoms with Gasteiger partial charge in [0.05, 0.1) is 12.1 Å². The third-order valence-electron chi connectivity index (χ3n) is 4.80. The van der Waals surface area contributed by atoms with Crippen LogP contribution >= 0.6 is 15.9 Å². The van der Waals surface area contributed by atoms with Crippen molar-refractivity contribution in [1.82, 2.24) is 5.01 Å². The zero-order valence-corrected chi connectivity index (χ0v) is 18.1. The van der Waals surface area contributed by atoms with Gasteiger partial charge in [0.1, 0.15) is 5.75 Å². The molecule has 30 heavy (non-hydrogen) atoms. The summed E-state index contributed by atoms with van der Waals surface area (Å²) in [6.07, 6.45) is -5.97. The monoisotopic (exact) mass is 484 g/mol. The van der Waals surface area contributed by atoms with Crippen molar-refractivity contribution < 1.29 is 27.8 Å². The van der Waals surface area contributed by atoms with Crippen LogP contribution < -0.4 is 4.74 Å². The number of amides is 1. The second-order valence-corrected chi connectivity index (χ2v) is 8.18. The predicted octanol–water partition coefficient (Wildman–Crippen LogP) is 4.64. The van der Waals surface area contributed by atoms with E-state index in [0.717, 1.165) is 21.2 Å². The third kappa shape index (κ3) is 4.22. The number of aryl methyl sites for hydroxylation is 3. The summed E-state index contributed by atoms with van der Waals surface area (Å²) in [5.74, 6) is -0.679. The lowest BCUT2D eigenvalue weighted by Crippen LogP contribution is -2.57. The van der Waals surface area contributed by atoms with Gasteiger partial charge in [-0.3, -0.25) is 4.79 Å². The van der Waals surface area contributed by atoms with E-state index in [1.54, 1.807) is 38.1 Å². The molecule has 1 aliphatic rings. The van der Waals surface area contributed by atoms with Gasteiger partial charge in [0.15, 0.2) is 6.61 Å². The van der Waals surface area contributed by atoms with Gasteiger partial charge in [-0.25, -0.2) is 0 Å². The van der Waals surface area contributed by atoms with Crippen molar-refractivity contribution in [2.24, 2.45) is 5.10 Å². The Kier molecular flexibility index (Phi) is 5.97. The van der Waals surface area contributed by atoms with Gasteiger partial charge in [0.25, 0.3) is 11.6 Å². The van der Waals surface area contributed by atoms with Gasteiger partial charge in [-0.05, 0) is 49.6 Å². The number of benzene rings is 2. The topological polar surface area (TPSA) is 62.1 Å². The van der Waals surface area contributed by atoms with Crippen LogP contribution in [0.4, 0.5) is 13.2 Å². The van der Waals surface area contributed by atoms with Crippen molar-refractivity contribution in [2.75, 3.05) is 6.61 Å². The highest BCUT2D eigenvalue weighted by Gasteiger charge is 2.63. The van der Waals surface area contributed by atoms with E-state index in [0.29, 0.717) is 11.3 Å². The Bertz CT molecular complexity index is 983. The molecule has 1 amide bonds. The molecule has 3 rings (SSSR count). The van der Waals surface area contributed by atoms with Crippen molar-refractivity contribution in [3.8, 4) is 5.75 Å². The maximum absolute atomic E-state index is 13.7. The Morgan fingerprint density at radius 3 is 2.30 bits per heavy atom. The van der Waals surface area contributed by atoms with Gasteiger partial charge in [0, 0.05) is 4.47 Å². The fourth-order valence-corrected chi connectivity index (χ4v) is 3.69. The van der Waals surface area contributed by atoms with Crippen molar-refractivity contribution in [3.63, 3.8) is 0 Å². The molecule has 0 aromatic heterocycles. The second-order valence-electron chi connectivity index (χ2n) is 7.27. The van der Waals surface area contributed by atoms with Crippen LogP contribution in [0, 0.1) is 20.8 Å². The number of hydrogen-bond acceptors (Lipinski definition) is 4. The van der Waals surface area contributed by atoms with Gasteiger partial charge >= 0.3 is 6.18 Å². The fraction of sp³-hybridized carbons (Fsp3) is 0.333. The number of ether oxygens (including phenoxy) is 1. The van der Waals surface area contributed by atoms with Gasteiger partial charge in [-0.2, -0.15) is 23.3 Å². The summed E-state index contributed by atoms with van der Waals surface area (Å²) >= 11 is 3.25. The number of nitrogens with zero attached hydrogens (tertiary/aromatic N) is 2. The quantitative estimate of drug-likeness (QED) is 0.687. The predicted molar refractivity (Wildman–Crippen MR) is 109 cm³/mol. The Morgan fingerprint density at radius 2 is 1.77 bits per heavy atom. The molecule has 2 aromatic carbocycles. The van der Waals surface area contributed by atoms with Gasteiger partial charge in [-0.1, -0.05) is 45.8 Å². The molecule has 160 valence electrons. The summed E-state index contributed by atoms with van der Waals surface area (Å²) in [6, 6.07) is 10.1. The first-order valence-corrected chi connectivity index (χ1v) is 9.88. The zero-order valence-electron chi connectivity index (χ0n) is 16.5. The Balaban J connectivity index is 1.88. The van der Waals surface area contributed by atoms with Crippen molar-refractivity contribution in [1.29, 1.82) is 0 Å². The molecule has 0 radical (unpaired) electrons. The van der Waals surface area contributed by atoms with E-state index in [1.807, 2.05) is 19.1 Å². The molecule has 1 unspecified atom stereocenters. The Morgan fingerprint density at radius 1 is 1.20 bits per heavy atom. The number of hydrogen-bond donors (Lipinski definition) is 1. The van der Waals surface area contributed by atoms with Gasteiger partial charge in [0.2, 0.25) is 0 Å². The smallest absolute Gasteiger partial charge is 0.438 e. The van der Waals surface area contributed by atoms with Crippen LogP contribution in [-0.4, -0.2) is 40.2 Å². The summed E-state index contributed by atoms with van der Waals surface area (Å²) in [4.78, 5) is 12.6. The van der Waals surface area contributed by atoms with E-state index in [2.05, 4.69) is 21.0 Å². The molecule has 0 bridgehead atoms. The fourth-order valence-electron chi connectivity index (χ4n) is 3.42. The Hall–Kier alpha value is -2.39. The van der Waals surface area contributed by atoms with Crippen molar-refractivity contribution in [2.45, 2.75) is 39.1 Å². The maximum Gasteiger partial charge on any atom is 0.438 e. The van der Waals surface area contributed by atoms with E-state index in [-0.39, 0.29) is 10.7 Å². The summed E-state index contributed by atoms with van der Waals surface area (Å²) in [5, 5.41) is 14.3. The maximum atomic E-state index is 13.7. The largest absolute Gasteiger partial charge is 0.483 e. The number of aliphatic hydroxyl groups is 1. The van der Waals surface area contributed by atoms with Gasteiger partial charge in [-0.15, -0.1) is 0 Å². The highest BCUT2D eigenvalue weighted by Crippen LogP contribution is 2.41. The molecule has 1 N–H and O–H groups in total. The minimum Gasteiger partial charge on any atom is -0.483 e. The molecule has 0 spiro atoms. The molecule has 0 aliphatic carbocycles. The van der Waals surface area contributed by atoms with Crippen LogP contribution in [0.25, 0.3) is 0 Å². The number of rotatable bonds is 4. The number of alkyl halides is 3. The summed E-state index contributed by atoms with van der Waals surface area (Å²) < 4.78 is 47.3. The average molecular weight is 485 g/mol. The number of hydrazone groups is 1. The van der Waals surface area contributed by atoms with Crippen molar-refractivity contribution >= 4 is 27.5 Å². The van der Waals surface area contributed by atoms with Crippen molar-refractivity contribution in [3.05, 3.63) is 63.1 Å². The molecular formula is C21H20BrF3N2O3.